The van der Waals surface area contributed by atoms with Gasteiger partial charge in [-0.25, -0.2) is 0 Å². The van der Waals surface area contributed by atoms with E-state index in [0.29, 0.717) is 0 Å². The first-order valence-corrected chi connectivity index (χ1v) is 7.35. The third-order valence-electron chi connectivity index (χ3n) is 3.35. The van der Waals surface area contributed by atoms with Gasteiger partial charge in [-0.3, -0.25) is 0 Å². The van der Waals surface area contributed by atoms with Crippen molar-refractivity contribution in [3.05, 3.63) is 107 Å². The average molecular weight is 495 g/mol. The molecule has 25 heavy (non-hydrogen) atoms. The third-order valence-corrected chi connectivity index (χ3v) is 3.35. The van der Waals surface area contributed by atoms with E-state index in [0.717, 1.165) is 22.2 Å². The predicted molar refractivity (Wildman–Crippen MR) is 97.2 cm³/mol. The Bertz CT molecular complexity index is 1110. The Morgan fingerprint density at radius 3 is 2.60 bits per heavy atom. The number of pyridine rings is 1. The average Bonchev–Trinajstić information content (AvgIpc) is 2.65. The Labute approximate surface area is 160 Å². The number of hydrogen-bond donors (Lipinski definition) is 0. The second kappa shape index (κ2) is 9.27. The van der Waals surface area contributed by atoms with E-state index in [4.69, 9.17) is 0 Å². The molecule has 0 spiro atoms. The zero-order chi connectivity index (χ0) is 16.6. The Morgan fingerprint density at radius 1 is 0.960 bits per heavy atom. The monoisotopic (exact) mass is 495 g/mol. The van der Waals surface area contributed by atoms with E-state index in [1.165, 1.54) is 5.39 Å². The van der Waals surface area contributed by atoms with Gasteiger partial charge < -0.3 is 4.98 Å². The van der Waals surface area contributed by atoms with Crippen molar-refractivity contribution >= 4 is 16.8 Å². The minimum absolute atomic E-state index is 0. The Balaban J connectivity index is 0.00000225. The predicted octanol–water partition coefficient (Wildman–Crippen LogP) is 5.27. The largest absolute Gasteiger partial charge is 0.304 e. The van der Waals surface area contributed by atoms with Gasteiger partial charge in [0, 0.05) is 26.3 Å². The van der Waals surface area contributed by atoms with Crippen molar-refractivity contribution in [3.63, 3.8) is 0 Å². The van der Waals surface area contributed by atoms with E-state index >= 15 is 0 Å². The smallest absolute Gasteiger partial charge is 0.0167 e. The zero-order valence-corrected chi connectivity index (χ0v) is 15.7. The fourth-order valence-corrected chi connectivity index (χ4v) is 2.27. The maximum absolute atomic E-state index is 4.51. The minimum atomic E-state index is 0. The fraction of sp³-hybridized carbons (Fsp3) is 0. The third kappa shape index (κ3) is 4.70. The molecule has 0 aliphatic carbocycles. The van der Waals surface area contributed by atoms with Gasteiger partial charge in [0.25, 0.3) is 0 Å². The summed E-state index contributed by atoms with van der Waals surface area (Å²) >= 11 is 0. The normalized spacial score (nSPS) is 8.48. The molecule has 0 bridgehead atoms. The first kappa shape index (κ1) is 18.3. The van der Waals surface area contributed by atoms with Crippen molar-refractivity contribution in [2.24, 2.45) is 0 Å². The number of nitrogens with zero attached hydrogens (tertiary/aromatic N) is 1. The van der Waals surface area contributed by atoms with Crippen LogP contribution < -0.4 is 0 Å². The number of hydrogen-bond acceptors (Lipinski definition) is 1. The first-order valence-electron chi connectivity index (χ1n) is 7.35. The van der Waals surface area contributed by atoms with Gasteiger partial charge in [-0.1, -0.05) is 41.3 Å². The van der Waals surface area contributed by atoms with Crippen LogP contribution in [-0.4, -0.2) is 4.98 Å². The van der Waals surface area contributed by atoms with Gasteiger partial charge in [0.05, 0.1) is 0 Å². The van der Waals surface area contributed by atoms with E-state index in [1.807, 2.05) is 42.6 Å². The van der Waals surface area contributed by atoms with Crippen LogP contribution in [0.15, 0.2) is 95.7 Å². The van der Waals surface area contributed by atoms with Gasteiger partial charge in [0.15, 0.2) is 0 Å². The van der Waals surface area contributed by atoms with Crippen molar-refractivity contribution in [2.75, 3.05) is 0 Å². The molecule has 1 nitrogen and oxygen atoms in total. The zero-order valence-electron chi connectivity index (χ0n) is 13.3. The number of fused-ring (bicyclic) bond motifs is 1. The van der Waals surface area contributed by atoms with Gasteiger partial charge in [-0.05, 0) is 58.1 Å². The molecule has 2 heteroatoms. The van der Waals surface area contributed by atoms with Crippen LogP contribution in [0.3, 0.4) is 0 Å². The second-order valence-corrected chi connectivity index (χ2v) is 4.88. The molecule has 0 fully saturated rings. The summed E-state index contributed by atoms with van der Waals surface area (Å²) in [6.45, 7) is 3.37. The topological polar surface area (TPSA) is 12.9 Å². The van der Waals surface area contributed by atoms with Gasteiger partial charge in [0.2, 0.25) is 0 Å². The van der Waals surface area contributed by atoms with Crippen molar-refractivity contribution in [3.8, 4) is 11.3 Å². The fourth-order valence-electron chi connectivity index (χ4n) is 2.27. The minimum Gasteiger partial charge on any atom is -0.304 e. The van der Waals surface area contributed by atoms with Gasteiger partial charge in [0.1, 0.15) is 0 Å². The van der Waals surface area contributed by atoms with Crippen LogP contribution in [-0.2, 0) is 20.1 Å². The second-order valence-electron chi connectivity index (χ2n) is 4.88. The molecule has 1 radical (unpaired) electrons. The first-order chi connectivity index (χ1) is 11.9. The van der Waals surface area contributed by atoms with E-state index in [1.54, 1.807) is 6.08 Å². The molecule has 3 rings (SSSR count). The van der Waals surface area contributed by atoms with Gasteiger partial charge in [-0.15, -0.1) is 29.8 Å². The summed E-state index contributed by atoms with van der Waals surface area (Å²) in [4.78, 5) is 4.51. The molecule has 0 aliphatic heterocycles. The molecule has 0 saturated heterocycles. The molecule has 3 aromatic rings. The van der Waals surface area contributed by atoms with Crippen LogP contribution in [0.2, 0.25) is 0 Å². The molecule has 0 atom stereocenters. The quantitative estimate of drug-likeness (QED) is 0.349. The summed E-state index contributed by atoms with van der Waals surface area (Å²) in [6.07, 6.45) is 3.62. The summed E-state index contributed by atoms with van der Waals surface area (Å²) in [5, 5.41) is 2.29. The summed E-state index contributed by atoms with van der Waals surface area (Å²) in [7, 11) is 0. The summed E-state index contributed by atoms with van der Waals surface area (Å²) in [5.74, 6) is 0. The maximum atomic E-state index is 4.51. The molecule has 0 N–H and O–H groups in total. The Kier molecular flexibility index (Phi) is 6.77. The van der Waals surface area contributed by atoms with E-state index in [-0.39, 0.29) is 20.1 Å². The Morgan fingerprint density at radius 2 is 1.80 bits per heavy atom. The van der Waals surface area contributed by atoms with Crippen molar-refractivity contribution in [1.82, 2.24) is 4.98 Å². The SMILES string of the molecule is C=C=C=C=C=C=C=Cc1c[c-]c(-c2nccc3ccccc23)cc1.[Ir]. The molecule has 2 aromatic carbocycles. The van der Waals surface area contributed by atoms with Crippen LogP contribution in [0.25, 0.3) is 28.1 Å². The van der Waals surface area contributed by atoms with Gasteiger partial charge >= 0.3 is 0 Å². The van der Waals surface area contributed by atoms with Gasteiger partial charge in [-0.2, -0.15) is 0 Å². The van der Waals surface area contributed by atoms with Crippen molar-refractivity contribution in [1.29, 1.82) is 0 Å². The number of rotatable bonds is 2. The standard InChI is InChI=1S/C23H12N.Ir/c1-2-3-4-5-6-7-10-19-13-15-21(16-14-19)23-22-12-9-8-11-20(22)17-18-24-23;/h8-15,17-18H,1H2;/q-1;. The van der Waals surface area contributed by atoms with E-state index < -0.39 is 0 Å². The van der Waals surface area contributed by atoms with Crippen molar-refractivity contribution < 1.29 is 20.1 Å². The van der Waals surface area contributed by atoms with Crippen LogP contribution in [0.4, 0.5) is 0 Å². The molecule has 0 saturated carbocycles. The summed E-state index contributed by atoms with van der Waals surface area (Å²) in [6, 6.07) is 19.4. The molecule has 1 heterocycles. The van der Waals surface area contributed by atoms with Crippen molar-refractivity contribution in [2.45, 2.75) is 0 Å². The van der Waals surface area contributed by atoms with Crippen LogP contribution >= 0.6 is 0 Å². The molecule has 119 valence electrons. The molecule has 0 unspecified atom stereocenters. The van der Waals surface area contributed by atoms with Crippen LogP contribution in [0.1, 0.15) is 5.56 Å². The molecular formula is C23H12IrN-. The Hall–Kier alpha value is -3.08. The number of aromatic nitrogens is 1. The summed E-state index contributed by atoms with van der Waals surface area (Å²) < 4.78 is 0. The molecular weight excluding hydrogens is 482 g/mol. The molecule has 0 amide bonds. The van der Waals surface area contributed by atoms with Crippen LogP contribution in [0, 0.1) is 6.07 Å². The summed E-state index contributed by atoms with van der Waals surface area (Å²) in [5.41, 5.74) is 18.7. The van der Waals surface area contributed by atoms with Crippen LogP contribution in [0.5, 0.6) is 0 Å². The number of benzene rings is 2. The van der Waals surface area contributed by atoms with E-state index in [2.05, 4.69) is 64.1 Å². The molecule has 0 aliphatic rings. The maximum Gasteiger partial charge on any atom is 0.0167 e. The molecule has 1 aromatic heterocycles. The van der Waals surface area contributed by atoms with E-state index in [9.17, 15) is 0 Å².